The van der Waals surface area contributed by atoms with Crippen molar-refractivity contribution in [2.24, 2.45) is 16.3 Å². The molecule has 1 amide bonds. The number of thiophene rings is 1. The van der Waals surface area contributed by atoms with Crippen molar-refractivity contribution in [1.29, 1.82) is 5.26 Å². The van der Waals surface area contributed by atoms with Gasteiger partial charge in [-0.15, -0.1) is 11.3 Å². The molecule has 3 aliphatic heterocycles. The largest absolute Gasteiger partial charge is 0.444 e. The third-order valence-electron chi connectivity index (χ3n) is 11.3. The molecule has 15 heteroatoms. The van der Waals surface area contributed by atoms with Gasteiger partial charge in [-0.2, -0.15) is 10.2 Å². The molecule has 3 saturated heterocycles. The Labute approximate surface area is 318 Å². The monoisotopic (exact) mass is 750 g/mol. The molecule has 3 fully saturated rings. The second kappa shape index (κ2) is 15.8. The number of oxime groups is 1. The molecule has 5 heterocycles. The van der Waals surface area contributed by atoms with Crippen LogP contribution >= 0.6 is 11.3 Å². The minimum absolute atomic E-state index is 0.0631. The number of hydrogen-bond acceptors (Lipinski definition) is 13. The van der Waals surface area contributed by atoms with E-state index in [2.05, 4.69) is 32.8 Å². The highest BCUT2D eigenvalue weighted by Gasteiger charge is 2.44. The maximum absolute atomic E-state index is 12.9. The smallest absolute Gasteiger partial charge is 0.410 e. The van der Waals surface area contributed by atoms with Crippen LogP contribution in [-0.2, 0) is 26.3 Å². The third kappa shape index (κ3) is 8.76. The van der Waals surface area contributed by atoms with E-state index in [4.69, 9.17) is 35.7 Å². The number of fused-ring (bicyclic) bond motifs is 1. The highest BCUT2D eigenvalue weighted by Crippen LogP contribution is 2.46. The van der Waals surface area contributed by atoms with Crippen molar-refractivity contribution in [1.82, 2.24) is 19.8 Å². The molecular formula is C38H58N10O4S. The number of amidine groups is 1. The summed E-state index contributed by atoms with van der Waals surface area (Å²) in [5.74, 6) is 1.59. The van der Waals surface area contributed by atoms with Crippen LogP contribution < -0.4 is 21.3 Å². The maximum Gasteiger partial charge on any atom is 0.410 e. The van der Waals surface area contributed by atoms with Crippen LogP contribution in [0.4, 0.5) is 21.6 Å². The number of hydrogen-bond donors (Lipinski definition) is 2. The fraction of sp³-hybridized carbons (Fsp3) is 0.711. The first-order valence-electron chi connectivity index (χ1n) is 19.2. The first-order chi connectivity index (χ1) is 25.2. The number of carbonyl (C=O) groups is 1. The SMILES string of the molecule is COCCCN1CCCN(c2nc(/C(N)=N/O[C@@]3(C)CCCc4sc(N)c(C#N)c43)cc(N3CCC4(CCN(C(=O)OC(C)(C)C)C4)CC3)n2)[C@@H](C)C1. The zero-order valence-corrected chi connectivity index (χ0v) is 33.3. The van der Waals surface area contributed by atoms with E-state index < -0.39 is 11.2 Å². The number of ether oxygens (including phenoxy) is 2. The molecule has 4 N–H and O–H groups in total. The Morgan fingerprint density at radius 1 is 1.13 bits per heavy atom. The number of carbonyl (C=O) groups excluding carboxylic acids is 1. The molecule has 53 heavy (non-hydrogen) atoms. The summed E-state index contributed by atoms with van der Waals surface area (Å²) in [6.07, 6.45) is 7.04. The van der Waals surface area contributed by atoms with Gasteiger partial charge in [-0.1, -0.05) is 5.16 Å². The van der Waals surface area contributed by atoms with E-state index in [0.717, 1.165) is 107 Å². The normalized spacial score (nSPS) is 23.8. The lowest BCUT2D eigenvalue weighted by atomic mass is 9.78. The number of nitriles is 1. The van der Waals surface area contributed by atoms with Crippen LogP contribution in [0.1, 0.15) is 101 Å². The predicted octanol–water partition coefficient (Wildman–Crippen LogP) is 5.05. The lowest BCUT2D eigenvalue weighted by Crippen LogP contribution is -2.44. The summed E-state index contributed by atoms with van der Waals surface area (Å²) in [4.78, 5) is 39.4. The van der Waals surface area contributed by atoms with Crippen LogP contribution in [0.2, 0.25) is 0 Å². The topological polar surface area (TPSA) is 172 Å². The van der Waals surface area contributed by atoms with E-state index in [1.807, 2.05) is 38.7 Å². The van der Waals surface area contributed by atoms with Crippen molar-refractivity contribution >= 4 is 40.0 Å². The number of nitrogens with two attached hydrogens (primary N) is 2. The summed E-state index contributed by atoms with van der Waals surface area (Å²) in [7, 11) is 1.75. The van der Waals surface area contributed by atoms with E-state index in [0.29, 0.717) is 41.7 Å². The molecule has 1 aliphatic carbocycles. The Morgan fingerprint density at radius 3 is 2.60 bits per heavy atom. The second-order valence-electron chi connectivity index (χ2n) is 16.5. The standard InChI is InChI=1S/C38H58N10O4S/c1-26-24-45(16-9-21-50-6)15-8-17-48(26)34-42-28(32(40)44-52-37(5)11-7-10-29-31(37)27(23-39)33(41)53-29)22-30(43-34)46-18-12-38(13-19-46)14-20-47(25-38)35(49)51-36(2,3)4/h22,26H,7-21,24-25,41H2,1-6H3,(H2,40,44)/t26-,37-/m0/s1. The molecule has 0 aromatic carbocycles. The second-order valence-corrected chi connectivity index (χ2v) is 17.6. The zero-order chi connectivity index (χ0) is 38.0. The Hall–Kier alpha value is -3.87. The molecule has 2 aromatic rings. The van der Waals surface area contributed by atoms with Gasteiger partial charge < -0.3 is 45.4 Å². The van der Waals surface area contributed by atoms with E-state index in [1.165, 1.54) is 11.3 Å². The van der Waals surface area contributed by atoms with E-state index in [9.17, 15) is 10.1 Å². The Balaban J connectivity index is 1.25. The van der Waals surface area contributed by atoms with Gasteiger partial charge in [0.15, 0.2) is 11.4 Å². The highest BCUT2D eigenvalue weighted by atomic mass is 32.1. The molecule has 6 rings (SSSR count). The molecule has 0 unspecified atom stereocenters. The van der Waals surface area contributed by atoms with Crippen LogP contribution in [0.15, 0.2) is 11.2 Å². The van der Waals surface area contributed by atoms with Crippen LogP contribution in [0.5, 0.6) is 0 Å². The number of rotatable bonds is 9. The van der Waals surface area contributed by atoms with E-state index in [-0.39, 0.29) is 23.4 Å². The highest BCUT2D eigenvalue weighted by molar-refractivity contribution is 7.16. The Bertz CT molecular complexity index is 1690. The Kier molecular flexibility index (Phi) is 11.6. The van der Waals surface area contributed by atoms with Crippen molar-refractivity contribution in [3.05, 3.63) is 27.8 Å². The number of nitrogens with zero attached hydrogens (tertiary/aromatic N) is 8. The van der Waals surface area contributed by atoms with Crippen LogP contribution in [0, 0.1) is 16.7 Å². The van der Waals surface area contributed by atoms with E-state index >= 15 is 0 Å². The summed E-state index contributed by atoms with van der Waals surface area (Å²) in [6, 6.07) is 4.38. The summed E-state index contributed by atoms with van der Waals surface area (Å²) in [6.45, 7) is 17.4. The lowest BCUT2D eigenvalue weighted by Gasteiger charge is -2.40. The van der Waals surface area contributed by atoms with Gasteiger partial charge >= 0.3 is 6.09 Å². The fourth-order valence-corrected chi connectivity index (χ4v) is 9.59. The number of piperidine rings is 1. The molecule has 0 bridgehead atoms. The van der Waals surface area contributed by atoms with Gasteiger partial charge in [0.2, 0.25) is 5.95 Å². The number of methoxy groups -OCH3 is 1. The summed E-state index contributed by atoms with van der Waals surface area (Å²) >= 11 is 1.46. The van der Waals surface area contributed by atoms with Gasteiger partial charge in [-0.3, -0.25) is 0 Å². The first-order valence-corrected chi connectivity index (χ1v) is 20.0. The number of aromatic nitrogens is 2. The van der Waals surface area contributed by atoms with Crippen molar-refractivity contribution in [3.63, 3.8) is 0 Å². The minimum atomic E-state index is -0.836. The number of nitrogen functional groups attached to an aromatic ring is 1. The van der Waals surface area contributed by atoms with Gasteiger partial charge in [0, 0.05) is 82.1 Å². The van der Waals surface area contributed by atoms with Gasteiger partial charge in [-0.25, -0.2) is 9.78 Å². The fourth-order valence-electron chi connectivity index (χ4n) is 8.40. The van der Waals surface area contributed by atoms with Gasteiger partial charge in [0.05, 0.1) is 5.56 Å². The van der Waals surface area contributed by atoms with Crippen LogP contribution in [0.25, 0.3) is 0 Å². The average molecular weight is 751 g/mol. The van der Waals surface area contributed by atoms with Crippen LogP contribution in [-0.4, -0.2) is 109 Å². The molecule has 290 valence electrons. The summed E-state index contributed by atoms with van der Waals surface area (Å²) in [5, 5.41) is 14.9. The lowest BCUT2D eigenvalue weighted by molar-refractivity contribution is -0.0458. The Morgan fingerprint density at radius 2 is 1.89 bits per heavy atom. The molecule has 0 radical (unpaired) electrons. The number of likely N-dealkylation sites (tertiary alicyclic amines) is 1. The van der Waals surface area contributed by atoms with Gasteiger partial charge in [0.25, 0.3) is 0 Å². The quantitative estimate of drug-likeness (QED) is 0.152. The number of amides is 1. The molecule has 2 aromatic heterocycles. The third-order valence-corrected chi connectivity index (χ3v) is 12.3. The predicted molar refractivity (Wildman–Crippen MR) is 208 cm³/mol. The molecule has 4 aliphatic rings. The molecule has 1 spiro atoms. The zero-order valence-electron chi connectivity index (χ0n) is 32.4. The first kappa shape index (κ1) is 38.8. The number of anilines is 3. The summed E-state index contributed by atoms with van der Waals surface area (Å²) in [5.41, 5.74) is 13.5. The molecule has 2 atom stereocenters. The van der Waals surface area contributed by atoms with Crippen molar-refractivity contribution in [3.8, 4) is 6.07 Å². The number of aryl methyl sites for hydroxylation is 1. The summed E-state index contributed by atoms with van der Waals surface area (Å²) < 4.78 is 11.0. The van der Waals surface area contributed by atoms with Gasteiger partial charge in [-0.05, 0) is 97.9 Å². The van der Waals surface area contributed by atoms with Gasteiger partial charge in [0.1, 0.15) is 28.2 Å². The van der Waals surface area contributed by atoms with Crippen LogP contribution in [0.3, 0.4) is 0 Å². The molecule has 0 saturated carbocycles. The van der Waals surface area contributed by atoms with Crippen molar-refractivity contribution in [2.45, 2.75) is 103 Å². The molecular weight excluding hydrogens is 693 g/mol. The maximum atomic E-state index is 12.9. The average Bonchev–Trinajstić information content (AvgIpc) is 3.62. The van der Waals surface area contributed by atoms with Crippen molar-refractivity contribution < 1.29 is 19.1 Å². The van der Waals surface area contributed by atoms with Crippen molar-refractivity contribution in [2.75, 3.05) is 81.6 Å². The minimum Gasteiger partial charge on any atom is -0.444 e. The van der Waals surface area contributed by atoms with E-state index in [1.54, 1.807) is 7.11 Å². The molecule has 14 nitrogen and oxygen atoms in total.